The average Bonchev–Trinajstić information content (AvgIpc) is 2.37. The smallest absolute Gasteiger partial charge is 0.335 e. The van der Waals surface area contributed by atoms with Gasteiger partial charge in [-0.25, -0.2) is 4.79 Å². The molecule has 106 valence electrons. The van der Waals surface area contributed by atoms with E-state index in [1.807, 2.05) is 13.0 Å². The minimum atomic E-state index is -0.876. The molecule has 1 atom stereocenters. The van der Waals surface area contributed by atoms with Gasteiger partial charge in [0.2, 0.25) is 0 Å². The van der Waals surface area contributed by atoms with Crippen molar-refractivity contribution in [1.82, 2.24) is 0 Å². The summed E-state index contributed by atoms with van der Waals surface area (Å²) < 4.78 is 0. The standard InChI is InChI=1S/C16H25NO2/c1-4-5-6-7-8-13(3)17-15-11-14(16(18)19)10-9-12(15)2/h9-11,13,17H,4-8H2,1-3H3,(H,18,19). The molecule has 1 aromatic rings. The van der Waals surface area contributed by atoms with Gasteiger partial charge in [-0.1, -0.05) is 38.7 Å². The molecule has 0 heterocycles. The number of aromatic carboxylic acids is 1. The summed E-state index contributed by atoms with van der Waals surface area (Å²) in [6.07, 6.45) is 6.16. The van der Waals surface area contributed by atoms with Crippen molar-refractivity contribution in [2.24, 2.45) is 0 Å². The van der Waals surface area contributed by atoms with E-state index in [-0.39, 0.29) is 0 Å². The maximum atomic E-state index is 11.0. The Morgan fingerprint density at radius 1 is 1.32 bits per heavy atom. The molecule has 2 N–H and O–H groups in total. The third kappa shape index (κ3) is 5.33. The molecule has 0 aliphatic heterocycles. The Balaban J connectivity index is 2.55. The summed E-state index contributed by atoms with van der Waals surface area (Å²) in [6.45, 7) is 6.36. The second-order valence-electron chi connectivity index (χ2n) is 5.23. The molecule has 3 heteroatoms. The molecule has 0 amide bonds. The van der Waals surface area contributed by atoms with Crippen LogP contribution in [-0.2, 0) is 0 Å². The number of anilines is 1. The van der Waals surface area contributed by atoms with Crippen LogP contribution in [0.2, 0.25) is 0 Å². The number of rotatable bonds is 8. The molecular formula is C16H25NO2. The van der Waals surface area contributed by atoms with Crippen LogP contribution in [0.5, 0.6) is 0 Å². The zero-order valence-corrected chi connectivity index (χ0v) is 12.2. The molecule has 0 aromatic heterocycles. The van der Waals surface area contributed by atoms with E-state index in [0.29, 0.717) is 11.6 Å². The zero-order chi connectivity index (χ0) is 14.3. The van der Waals surface area contributed by atoms with E-state index in [1.165, 1.54) is 25.7 Å². The van der Waals surface area contributed by atoms with E-state index in [4.69, 9.17) is 5.11 Å². The van der Waals surface area contributed by atoms with E-state index in [1.54, 1.807) is 12.1 Å². The van der Waals surface area contributed by atoms with Crippen LogP contribution < -0.4 is 5.32 Å². The highest BCUT2D eigenvalue weighted by molar-refractivity contribution is 5.89. The summed E-state index contributed by atoms with van der Waals surface area (Å²) in [7, 11) is 0. The van der Waals surface area contributed by atoms with E-state index in [2.05, 4.69) is 19.2 Å². The van der Waals surface area contributed by atoms with Crippen LogP contribution in [0.15, 0.2) is 18.2 Å². The molecular weight excluding hydrogens is 238 g/mol. The first-order valence-corrected chi connectivity index (χ1v) is 7.15. The van der Waals surface area contributed by atoms with Gasteiger partial charge in [0, 0.05) is 11.7 Å². The highest BCUT2D eigenvalue weighted by Gasteiger charge is 2.08. The lowest BCUT2D eigenvalue weighted by molar-refractivity contribution is 0.0697. The van der Waals surface area contributed by atoms with Gasteiger partial charge in [-0.3, -0.25) is 0 Å². The van der Waals surface area contributed by atoms with Crippen molar-refractivity contribution in [1.29, 1.82) is 0 Å². The normalized spacial score (nSPS) is 12.2. The quantitative estimate of drug-likeness (QED) is 0.681. The Morgan fingerprint density at radius 2 is 2.05 bits per heavy atom. The van der Waals surface area contributed by atoms with Crippen LogP contribution in [0.25, 0.3) is 0 Å². The Kier molecular flexibility index (Phi) is 6.40. The molecule has 0 saturated heterocycles. The molecule has 3 nitrogen and oxygen atoms in total. The lowest BCUT2D eigenvalue weighted by Gasteiger charge is -2.17. The predicted molar refractivity (Wildman–Crippen MR) is 80.0 cm³/mol. The van der Waals surface area contributed by atoms with Crippen molar-refractivity contribution >= 4 is 11.7 Å². The third-order valence-corrected chi connectivity index (χ3v) is 3.38. The largest absolute Gasteiger partial charge is 0.478 e. The fourth-order valence-corrected chi connectivity index (χ4v) is 2.13. The molecule has 0 saturated carbocycles. The van der Waals surface area contributed by atoms with Crippen molar-refractivity contribution in [3.8, 4) is 0 Å². The molecule has 1 unspecified atom stereocenters. The number of hydrogen-bond donors (Lipinski definition) is 2. The maximum Gasteiger partial charge on any atom is 0.335 e. The highest BCUT2D eigenvalue weighted by Crippen LogP contribution is 2.19. The van der Waals surface area contributed by atoms with Gasteiger partial charge >= 0.3 is 5.97 Å². The van der Waals surface area contributed by atoms with Gasteiger partial charge < -0.3 is 10.4 Å². The van der Waals surface area contributed by atoms with Gasteiger partial charge in [-0.15, -0.1) is 0 Å². The molecule has 0 radical (unpaired) electrons. The minimum absolute atomic E-state index is 0.339. The predicted octanol–water partition coefficient (Wildman–Crippen LogP) is 4.46. The van der Waals surface area contributed by atoms with Crippen LogP contribution >= 0.6 is 0 Å². The summed E-state index contributed by atoms with van der Waals surface area (Å²) in [5.41, 5.74) is 2.36. The van der Waals surface area contributed by atoms with Crippen LogP contribution in [-0.4, -0.2) is 17.1 Å². The lowest BCUT2D eigenvalue weighted by Crippen LogP contribution is -2.16. The molecule has 0 aliphatic rings. The summed E-state index contributed by atoms with van der Waals surface area (Å²) in [4.78, 5) is 11.0. The van der Waals surface area contributed by atoms with E-state index < -0.39 is 5.97 Å². The lowest BCUT2D eigenvalue weighted by atomic mass is 10.1. The number of nitrogens with one attached hydrogen (secondary N) is 1. The first-order chi connectivity index (χ1) is 9.04. The van der Waals surface area contributed by atoms with E-state index >= 15 is 0 Å². The Bertz CT molecular complexity index is 415. The number of aryl methyl sites for hydroxylation is 1. The number of unbranched alkanes of at least 4 members (excludes halogenated alkanes) is 3. The van der Waals surface area contributed by atoms with E-state index in [9.17, 15) is 4.79 Å². The average molecular weight is 263 g/mol. The Labute approximate surface area is 116 Å². The zero-order valence-electron chi connectivity index (χ0n) is 12.2. The molecule has 0 aliphatic carbocycles. The Morgan fingerprint density at radius 3 is 2.68 bits per heavy atom. The van der Waals surface area contributed by atoms with E-state index in [0.717, 1.165) is 17.7 Å². The number of carbonyl (C=O) groups is 1. The summed E-state index contributed by atoms with van der Waals surface area (Å²) in [5.74, 6) is -0.876. The van der Waals surface area contributed by atoms with Crippen molar-refractivity contribution in [3.63, 3.8) is 0 Å². The SMILES string of the molecule is CCCCCCC(C)Nc1cc(C(=O)O)ccc1C. The van der Waals surface area contributed by atoms with Crippen LogP contribution in [0.3, 0.4) is 0 Å². The van der Waals surface area contributed by atoms with Gasteiger partial charge in [0.05, 0.1) is 5.56 Å². The van der Waals surface area contributed by atoms with Crippen molar-refractivity contribution in [2.75, 3.05) is 5.32 Å². The van der Waals surface area contributed by atoms with Crippen molar-refractivity contribution in [2.45, 2.75) is 58.9 Å². The van der Waals surface area contributed by atoms with Gasteiger partial charge in [0.1, 0.15) is 0 Å². The third-order valence-electron chi connectivity index (χ3n) is 3.38. The van der Waals surface area contributed by atoms with Crippen LogP contribution in [0.1, 0.15) is 61.9 Å². The number of carboxylic acids is 1. The van der Waals surface area contributed by atoms with Crippen molar-refractivity contribution in [3.05, 3.63) is 29.3 Å². The minimum Gasteiger partial charge on any atom is -0.478 e. The summed E-state index contributed by atoms with van der Waals surface area (Å²) in [6, 6.07) is 5.60. The van der Waals surface area contributed by atoms with Crippen LogP contribution in [0.4, 0.5) is 5.69 Å². The number of carboxylic acid groups (broad SMARTS) is 1. The second-order valence-corrected chi connectivity index (χ2v) is 5.23. The topological polar surface area (TPSA) is 49.3 Å². The van der Waals surface area contributed by atoms with Gasteiger partial charge in [-0.2, -0.15) is 0 Å². The first kappa shape index (κ1) is 15.5. The van der Waals surface area contributed by atoms with Gasteiger partial charge in [0.25, 0.3) is 0 Å². The van der Waals surface area contributed by atoms with Crippen LogP contribution in [0, 0.1) is 6.92 Å². The molecule has 1 rings (SSSR count). The first-order valence-electron chi connectivity index (χ1n) is 7.15. The second kappa shape index (κ2) is 7.82. The van der Waals surface area contributed by atoms with Crippen molar-refractivity contribution < 1.29 is 9.90 Å². The molecule has 1 aromatic carbocycles. The number of benzene rings is 1. The monoisotopic (exact) mass is 263 g/mol. The highest BCUT2D eigenvalue weighted by atomic mass is 16.4. The fraction of sp³-hybridized carbons (Fsp3) is 0.562. The summed E-state index contributed by atoms with van der Waals surface area (Å²) >= 11 is 0. The van der Waals surface area contributed by atoms with Gasteiger partial charge in [-0.05, 0) is 38.0 Å². The number of hydrogen-bond acceptors (Lipinski definition) is 2. The molecule has 0 spiro atoms. The maximum absolute atomic E-state index is 11.0. The molecule has 19 heavy (non-hydrogen) atoms. The fourth-order valence-electron chi connectivity index (χ4n) is 2.13. The summed E-state index contributed by atoms with van der Waals surface area (Å²) in [5, 5.41) is 12.4. The molecule has 0 bridgehead atoms. The Hall–Kier alpha value is -1.51. The van der Waals surface area contributed by atoms with Gasteiger partial charge in [0.15, 0.2) is 0 Å². The molecule has 0 fully saturated rings.